The molecule has 9 heavy (non-hydrogen) atoms. The molecule has 0 radical (unpaired) electrons. The maximum Gasteiger partial charge on any atom is 0.412 e. The van der Waals surface area contributed by atoms with Crippen molar-refractivity contribution in [1.82, 2.24) is 0 Å². The average molecular weight is 129 g/mol. The van der Waals surface area contributed by atoms with Crippen molar-refractivity contribution in [3.05, 3.63) is 12.2 Å². The van der Waals surface area contributed by atoms with E-state index in [-0.39, 0.29) is 0 Å². The SMILES string of the molecule is C/C=C/C(=O)OC(N)=O. The highest BCUT2D eigenvalue weighted by Crippen LogP contribution is 1.79. The number of primary amides is 1. The highest BCUT2D eigenvalue weighted by molar-refractivity contribution is 5.90. The predicted molar refractivity (Wildman–Crippen MR) is 30.5 cm³/mol. The van der Waals surface area contributed by atoms with Gasteiger partial charge < -0.3 is 10.5 Å². The van der Waals surface area contributed by atoms with Crippen molar-refractivity contribution in [3.63, 3.8) is 0 Å². The molecular weight excluding hydrogens is 122 g/mol. The van der Waals surface area contributed by atoms with Gasteiger partial charge in [-0.25, -0.2) is 9.59 Å². The summed E-state index contributed by atoms with van der Waals surface area (Å²) in [5, 5.41) is 0. The van der Waals surface area contributed by atoms with Crippen LogP contribution in [0.1, 0.15) is 6.92 Å². The molecule has 0 aliphatic heterocycles. The molecule has 0 aromatic rings. The van der Waals surface area contributed by atoms with Crippen molar-refractivity contribution in [2.75, 3.05) is 0 Å². The molecule has 0 spiro atoms. The first kappa shape index (κ1) is 7.68. The van der Waals surface area contributed by atoms with E-state index in [0.29, 0.717) is 0 Å². The Bertz CT molecular complexity index is 150. The molecule has 0 fully saturated rings. The zero-order chi connectivity index (χ0) is 7.28. The molecular formula is C5H7NO3. The van der Waals surface area contributed by atoms with Gasteiger partial charge in [-0.05, 0) is 6.92 Å². The third-order valence-corrected chi connectivity index (χ3v) is 0.504. The van der Waals surface area contributed by atoms with Crippen LogP contribution in [0.25, 0.3) is 0 Å². The summed E-state index contributed by atoms with van der Waals surface area (Å²) in [7, 11) is 0. The van der Waals surface area contributed by atoms with Crippen LogP contribution >= 0.6 is 0 Å². The summed E-state index contributed by atoms with van der Waals surface area (Å²) in [6.07, 6.45) is 1.47. The molecule has 4 nitrogen and oxygen atoms in total. The Morgan fingerprint density at radius 3 is 2.44 bits per heavy atom. The molecule has 0 aliphatic rings. The lowest BCUT2D eigenvalue weighted by molar-refractivity contribution is -0.131. The highest BCUT2D eigenvalue weighted by atomic mass is 16.6. The number of esters is 1. The maximum absolute atomic E-state index is 10.2. The van der Waals surface area contributed by atoms with E-state index in [1.165, 1.54) is 6.08 Å². The summed E-state index contributed by atoms with van der Waals surface area (Å²) in [5.41, 5.74) is 4.51. The minimum Gasteiger partial charge on any atom is -0.373 e. The van der Waals surface area contributed by atoms with Gasteiger partial charge in [0.15, 0.2) is 0 Å². The fraction of sp³-hybridized carbons (Fsp3) is 0.200. The van der Waals surface area contributed by atoms with Crippen LogP contribution in [0.5, 0.6) is 0 Å². The topological polar surface area (TPSA) is 69.4 Å². The van der Waals surface area contributed by atoms with Gasteiger partial charge in [0.05, 0.1) is 0 Å². The van der Waals surface area contributed by atoms with Crippen LogP contribution in [0.2, 0.25) is 0 Å². The van der Waals surface area contributed by atoms with E-state index in [0.717, 1.165) is 6.08 Å². The molecule has 0 bridgehead atoms. The smallest absolute Gasteiger partial charge is 0.373 e. The summed E-state index contributed by atoms with van der Waals surface area (Å²) < 4.78 is 3.90. The van der Waals surface area contributed by atoms with E-state index in [2.05, 4.69) is 10.5 Å². The minimum absolute atomic E-state index is 0.745. The number of amides is 1. The Kier molecular flexibility index (Phi) is 3.12. The van der Waals surface area contributed by atoms with E-state index in [1.54, 1.807) is 6.92 Å². The van der Waals surface area contributed by atoms with Crippen LogP contribution in [0.15, 0.2) is 12.2 Å². The lowest BCUT2D eigenvalue weighted by Crippen LogP contribution is -2.16. The van der Waals surface area contributed by atoms with E-state index >= 15 is 0 Å². The normalized spacial score (nSPS) is 9.44. The molecule has 0 rings (SSSR count). The highest BCUT2D eigenvalue weighted by Gasteiger charge is 1.98. The van der Waals surface area contributed by atoms with Crippen LogP contribution in [0.4, 0.5) is 4.79 Å². The van der Waals surface area contributed by atoms with Crippen LogP contribution in [0.3, 0.4) is 0 Å². The second-order valence-corrected chi connectivity index (χ2v) is 1.24. The number of allylic oxidation sites excluding steroid dienone is 1. The summed E-state index contributed by atoms with van der Waals surface area (Å²) >= 11 is 0. The number of carbonyl (C=O) groups is 2. The summed E-state index contributed by atoms with van der Waals surface area (Å²) in [5.74, 6) is -0.745. The van der Waals surface area contributed by atoms with Crippen molar-refractivity contribution >= 4 is 12.1 Å². The largest absolute Gasteiger partial charge is 0.412 e. The van der Waals surface area contributed by atoms with E-state index in [9.17, 15) is 9.59 Å². The lowest BCUT2D eigenvalue weighted by atomic mass is 10.5. The van der Waals surface area contributed by atoms with Crippen molar-refractivity contribution in [3.8, 4) is 0 Å². The fourth-order valence-electron chi connectivity index (χ4n) is 0.269. The van der Waals surface area contributed by atoms with Crippen molar-refractivity contribution in [2.24, 2.45) is 5.73 Å². The first-order valence-electron chi connectivity index (χ1n) is 2.30. The number of hydrogen-bond donors (Lipinski definition) is 1. The zero-order valence-electron chi connectivity index (χ0n) is 4.96. The van der Waals surface area contributed by atoms with Gasteiger partial charge in [-0.3, -0.25) is 0 Å². The first-order chi connectivity index (χ1) is 4.16. The van der Waals surface area contributed by atoms with Gasteiger partial charge in [-0.15, -0.1) is 0 Å². The number of hydrogen-bond acceptors (Lipinski definition) is 3. The van der Waals surface area contributed by atoms with Crippen LogP contribution in [-0.2, 0) is 9.53 Å². The quantitative estimate of drug-likeness (QED) is 0.312. The number of nitrogens with two attached hydrogens (primary N) is 1. The average Bonchev–Trinajstić information content (AvgIpc) is 1.63. The monoisotopic (exact) mass is 129 g/mol. The van der Waals surface area contributed by atoms with Gasteiger partial charge in [-0.2, -0.15) is 0 Å². The first-order valence-corrected chi connectivity index (χ1v) is 2.30. The molecule has 0 aromatic carbocycles. The second kappa shape index (κ2) is 3.65. The molecule has 50 valence electrons. The van der Waals surface area contributed by atoms with Gasteiger partial charge in [-0.1, -0.05) is 6.08 Å². The molecule has 1 amide bonds. The molecule has 0 saturated carbocycles. The zero-order valence-corrected chi connectivity index (χ0v) is 4.96. The standard InChI is InChI=1S/C5H7NO3/c1-2-3-4(7)9-5(6)8/h2-3H,1H3,(H2,6,8)/b3-2+. The molecule has 0 heterocycles. The summed E-state index contributed by atoms with van der Waals surface area (Å²) in [6.45, 7) is 1.63. The molecule has 0 saturated heterocycles. The van der Waals surface area contributed by atoms with Crippen LogP contribution < -0.4 is 5.73 Å². The molecule has 0 aromatic heterocycles. The number of rotatable bonds is 1. The second-order valence-electron chi connectivity index (χ2n) is 1.24. The molecule has 0 unspecified atom stereocenters. The molecule has 2 N–H and O–H groups in total. The minimum atomic E-state index is -1.09. The van der Waals surface area contributed by atoms with Crippen molar-refractivity contribution < 1.29 is 14.3 Å². The van der Waals surface area contributed by atoms with Crippen LogP contribution in [0, 0.1) is 0 Å². The van der Waals surface area contributed by atoms with Gasteiger partial charge in [0.25, 0.3) is 0 Å². The van der Waals surface area contributed by atoms with E-state index in [4.69, 9.17) is 0 Å². The number of ether oxygens (including phenoxy) is 1. The van der Waals surface area contributed by atoms with Gasteiger partial charge in [0.1, 0.15) is 0 Å². The van der Waals surface area contributed by atoms with Crippen LogP contribution in [-0.4, -0.2) is 12.1 Å². The van der Waals surface area contributed by atoms with Crippen molar-refractivity contribution in [1.29, 1.82) is 0 Å². The summed E-state index contributed by atoms with van der Waals surface area (Å²) in [4.78, 5) is 20.1. The third-order valence-electron chi connectivity index (χ3n) is 0.504. The Balaban J connectivity index is 3.64. The number of carbonyl (C=O) groups excluding carboxylic acids is 2. The lowest BCUT2D eigenvalue weighted by Gasteiger charge is -1.89. The Morgan fingerprint density at radius 2 is 2.11 bits per heavy atom. The van der Waals surface area contributed by atoms with Gasteiger partial charge in [0.2, 0.25) is 0 Å². The molecule has 4 heteroatoms. The fourth-order valence-corrected chi connectivity index (χ4v) is 0.269. The third kappa shape index (κ3) is 4.53. The van der Waals surface area contributed by atoms with Crippen molar-refractivity contribution in [2.45, 2.75) is 6.92 Å². The van der Waals surface area contributed by atoms with E-state index < -0.39 is 12.1 Å². The Morgan fingerprint density at radius 1 is 1.56 bits per heavy atom. The molecule has 0 aliphatic carbocycles. The predicted octanol–water partition coefficient (Wildman–Crippen LogP) is 0.184. The van der Waals surface area contributed by atoms with Gasteiger partial charge >= 0.3 is 12.1 Å². The molecule has 0 atom stereocenters. The maximum atomic E-state index is 10.2. The Labute approximate surface area is 52.3 Å². The van der Waals surface area contributed by atoms with E-state index in [1.807, 2.05) is 0 Å². The summed E-state index contributed by atoms with van der Waals surface area (Å²) in [6, 6.07) is 0. The van der Waals surface area contributed by atoms with Gasteiger partial charge in [0, 0.05) is 6.08 Å². The Hall–Kier alpha value is -1.32.